The van der Waals surface area contributed by atoms with Crippen LogP contribution in [0.4, 0.5) is 5.69 Å². The third kappa shape index (κ3) is 3.68. The quantitative estimate of drug-likeness (QED) is 0.404. The first-order valence-corrected chi connectivity index (χ1v) is 10.7. The highest BCUT2D eigenvalue weighted by molar-refractivity contribution is 6.05. The molecule has 1 atom stereocenters. The zero-order valence-corrected chi connectivity index (χ0v) is 18.3. The molecule has 3 aromatic carbocycles. The fourth-order valence-corrected chi connectivity index (χ4v) is 3.73. The van der Waals surface area contributed by atoms with E-state index in [9.17, 15) is 4.79 Å². The van der Waals surface area contributed by atoms with Crippen molar-refractivity contribution in [3.8, 4) is 23.0 Å². The van der Waals surface area contributed by atoms with Gasteiger partial charge in [0, 0.05) is 16.8 Å². The van der Waals surface area contributed by atoms with Crippen LogP contribution in [0, 0.1) is 6.92 Å². The van der Waals surface area contributed by atoms with Crippen LogP contribution in [0.2, 0.25) is 0 Å². The molecule has 1 amide bonds. The van der Waals surface area contributed by atoms with E-state index >= 15 is 0 Å². The van der Waals surface area contributed by atoms with Gasteiger partial charge in [-0.25, -0.2) is 4.98 Å². The molecule has 0 radical (unpaired) electrons. The SMILES string of the molecule is CCC(C)c1ccc2oc(-c3ccc(C)c(NC(=O)c4ccc5c(c4)OCO5)c3)nc2c1. The number of anilines is 1. The minimum absolute atomic E-state index is 0.172. The number of oxazole rings is 1. The Morgan fingerprint density at radius 3 is 2.75 bits per heavy atom. The Balaban J connectivity index is 1.43. The number of hydrogen-bond acceptors (Lipinski definition) is 5. The van der Waals surface area contributed by atoms with Gasteiger partial charge < -0.3 is 19.2 Å². The first kappa shape index (κ1) is 20.1. The molecule has 5 rings (SSSR count). The molecule has 0 fully saturated rings. The van der Waals surface area contributed by atoms with Crippen molar-refractivity contribution in [2.24, 2.45) is 0 Å². The standard InChI is InChI=1S/C26H24N2O4/c1-4-15(2)17-7-9-22-21(11-17)28-26(32-22)19-6-5-16(3)20(12-19)27-25(29)18-8-10-23-24(13-18)31-14-30-23/h5-13,15H,4,14H2,1-3H3,(H,27,29). The second-order valence-electron chi connectivity index (χ2n) is 8.11. The Kier molecular flexibility index (Phi) is 5.05. The van der Waals surface area contributed by atoms with Gasteiger partial charge in [0.1, 0.15) is 5.52 Å². The molecule has 162 valence electrons. The highest BCUT2D eigenvalue weighted by atomic mass is 16.7. The molecule has 0 saturated carbocycles. The second kappa shape index (κ2) is 8.04. The monoisotopic (exact) mass is 428 g/mol. The number of fused-ring (bicyclic) bond motifs is 2. The van der Waals surface area contributed by atoms with Crippen molar-refractivity contribution in [3.63, 3.8) is 0 Å². The molecule has 4 aromatic rings. The van der Waals surface area contributed by atoms with E-state index in [0.717, 1.165) is 28.6 Å². The van der Waals surface area contributed by atoms with Gasteiger partial charge in [-0.05, 0) is 72.9 Å². The van der Waals surface area contributed by atoms with E-state index in [1.807, 2.05) is 31.2 Å². The predicted molar refractivity (Wildman–Crippen MR) is 123 cm³/mol. The molecular formula is C26H24N2O4. The van der Waals surface area contributed by atoms with Crippen LogP contribution in [0.15, 0.2) is 59.0 Å². The van der Waals surface area contributed by atoms with Crippen LogP contribution in [0.25, 0.3) is 22.6 Å². The van der Waals surface area contributed by atoms with E-state index in [2.05, 4.69) is 31.3 Å². The van der Waals surface area contributed by atoms with E-state index in [0.29, 0.717) is 34.6 Å². The van der Waals surface area contributed by atoms with Crippen LogP contribution in [-0.2, 0) is 0 Å². The largest absolute Gasteiger partial charge is 0.454 e. The smallest absolute Gasteiger partial charge is 0.255 e. The third-order valence-corrected chi connectivity index (χ3v) is 5.96. The molecule has 2 heterocycles. The van der Waals surface area contributed by atoms with Crippen LogP contribution in [-0.4, -0.2) is 17.7 Å². The molecule has 1 aliphatic heterocycles. The Bertz CT molecular complexity index is 1320. The number of nitrogens with one attached hydrogen (secondary N) is 1. The van der Waals surface area contributed by atoms with Gasteiger partial charge in [-0.15, -0.1) is 0 Å². The van der Waals surface area contributed by atoms with E-state index in [-0.39, 0.29) is 12.7 Å². The van der Waals surface area contributed by atoms with Crippen LogP contribution >= 0.6 is 0 Å². The summed E-state index contributed by atoms with van der Waals surface area (Å²) in [5, 5.41) is 2.99. The number of benzene rings is 3. The minimum atomic E-state index is -0.223. The van der Waals surface area contributed by atoms with Gasteiger partial charge >= 0.3 is 0 Å². The lowest BCUT2D eigenvalue weighted by Gasteiger charge is -2.10. The predicted octanol–water partition coefficient (Wildman–Crippen LogP) is 6.30. The van der Waals surface area contributed by atoms with Gasteiger partial charge in [-0.1, -0.05) is 26.0 Å². The first-order valence-electron chi connectivity index (χ1n) is 10.7. The van der Waals surface area contributed by atoms with Crippen LogP contribution < -0.4 is 14.8 Å². The van der Waals surface area contributed by atoms with E-state index in [4.69, 9.17) is 18.9 Å². The lowest BCUT2D eigenvalue weighted by atomic mass is 9.98. The topological polar surface area (TPSA) is 73.6 Å². The van der Waals surface area contributed by atoms with Crippen LogP contribution in [0.1, 0.15) is 47.7 Å². The Labute approximate surface area is 186 Å². The van der Waals surface area contributed by atoms with Gasteiger partial charge in [0.25, 0.3) is 5.91 Å². The van der Waals surface area contributed by atoms with Crippen molar-refractivity contribution < 1.29 is 18.7 Å². The summed E-state index contributed by atoms with van der Waals surface area (Å²) < 4.78 is 16.7. The first-order chi connectivity index (χ1) is 15.5. The number of hydrogen-bond donors (Lipinski definition) is 1. The van der Waals surface area contributed by atoms with Gasteiger partial charge in [-0.2, -0.15) is 0 Å². The summed E-state index contributed by atoms with van der Waals surface area (Å²) in [4.78, 5) is 17.5. The highest BCUT2D eigenvalue weighted by Gasteiger charge is 2.18. The van der Waals surface area contributed by atoms with E-state index < -0.39 is 0 Å². The Morgan fingerprint density at radius 1 is 1.06 bits per heavy atom. The lowest BCUT2D eigenvalue weighted by molar-refractivity contribution is 0.102. The molecule has 6 heteroatoms. The lowest BCUT2D eigenvalue weighted by Crippen LogP contribution is -2.12. The maximum atomic E-state index is 12.8. The fraction of sp³-hybridized carbons (Fsp3) is 0.231. The number of ether oxygens (including phenoxy) is 2. The summed E-state index contributed by atoms with van der Waals surface area (Å²) in [7, 11) is 0. The normalized spacial score (nSPS) is 13.3. The molecule has 1 aromatic heterocycles. The Hall–Kier alpha value is -3.80. The summed E-state index contributed by atoms with van der Waals surface area (Å²) >= 11 is 0. The zero-order valence-electron chi connectivity index (χ0n) is 18.3. The zero-order chi connectivity index (χ0) is 22.2. The van der Waals surface area contributed by atoms with Gasteiger partial charge in [0.05, 0.1) is 0 Å². The molecule has 1 N–H and O–H groups in total. The van der Waals surface area contributed by atoms with Gasteiger partial charge in [-0.3, -0.25) is 4.79 Å². The molecule has 1 unspecified atom stereocenters. The summed E-state index contributed by atoms with van der Waals surface area (Å²) in [6.07, 6.45) is 1.07. The number of carbonyl (C=O) groups is 1. The third-order valence-electron chi connectivity index (χ3n) is 5.96. The molecular weight excluding hydrogens is 404 g/mol. The second-order valence-corrected chi connectivity index (χ2v) is 8.11. The van der Waals surface area contributed by atoms with Crippen LogP contribution in [0.3, 0.4) is 0 Å². The van der Waals surface area contributed by atoms with Gasteiger partial charge in [0.2, 0.25) is 12.7 Å². The average molecular weight is 428 g/mol. The average Bonchev–Trinajstić information content (AvgIpc) is 3.45. The molecule has 32 heavy (non-hydrogen) atoms. The summed E-state index contributed by atoms with van der Waals surface area (Å²) in [6.45, 7) is 6.50. The summed E-state index contributed by atoms with van der Waals surface area (Å²) in [5.41, 5.74) is 5.78. The summed E-state index contributed by atoms with van der Waals surface area (Å²) in [5.74, 6) is 2.00. The number of amides is 1. The minimum Gasteiger partial charge on any atom is -0.454 e. The van der Waals surface area contributed by atoms with Crippen molar-refractivity contribution in [2.75, 3.05) is 12.1 Å². The Morgan fingerprint density at radius 2 is 1.91 bits per heavy atom. The number of nitrogens with zero attached hydrogens (tertiary/aromatic N) is 1. The van der Waals surface area contributed by atoms with Crippen molar-refractivity contribution in [1.29, 1.82) is 0 Å². The number of aromatic nitrogens is 1. The number of aryl methyl sites for hydroxylation is 1. The fourth-order valence-electron chi connectivity index (χ4n) is 3.73. The van der Waals surface area contributed by atoms with Crippen molar-refractivity contribution in [3.05, 3.63) is 71.3 Å². The van der Waals surface area contributed by atoms with E-state index in [1.165, 1.54) is 5.56 Å². The van der Waals surface area contributed by atoms with Gasteiger partial charge in [0.15, 0.2) is 17.1 Å². The highest BCUT2D eigenvalue weighted by Crippen LogP contribution is 2.33. The van der Waals surface area contributed by atoms with Crippen LogP contribution in [0.5, 0.6) is 11.5 Å². The summed E-state index contributed by atoms with van der Waals surface area (Å²) in [6, 6.07) is 17.1. The van der Waals surface area contributed by atoms with Crippen molar-refractivity contribution >= 4 is 22.7 Å². The number of rotatable bonds is 5. The molecule has 0 spiro atoms. The van der Waals surface area contributed by atoms with Crippen molar-refractivity contribution in [2.45, 2.75) is 33.1 Å². The van der Waals surface area contributed by atoms with E-state index in [1.54, 1.807) is 18.2 Å². The maximum absolute atomic E-state index is 12.8. The molecule has 1 aliphatic rings. The molecule has 0 bridgehead atoms. The number of carbonyl (C=O) groups excluding carboxylic acids is 1. The molecule has 6 nitrogen and oxygen atoms in total. The molecule has 0 saturated heterocycles. The molecule has 0 aliphatic carbocycles. The maximum Gasteiger partial charge on any atom is 0.255 e. The van der Waals surface area contributed by atoms with Crippen molar-refractivity contribution in [1.82, 2.24) is 4.98 Å².